The van der Waals surface area contributed by atoms with E-state index >= 15 is 0 Å². The highest BCUT2D eigenvalue weighted by molar-refractivity contribution is 7.92. The second-order valence-corrected chi connectivity index (χ2v) is 7.00. The van der Waals surface area contributed by atoms with Crippen LogP contribution < -0.4 is 5.73 Å². The maximum atomic E-state index is 12.1. The maximum Gasteiger partial charge on any atom is 0.223 e. The first-order valence-corrected chi connectivity index (χ1v) is 7.16. The third-order valence-corrected chi connectivity index (χ3v) is 5.83. The van der Waals surface area contributed by atoms with Crippen molar-refractivity contribution in [2.45, 2.75) is 25.1 Å². The molecule has 2 unspecified atom stereocenters. The van der Waals surface area contributed by atoms with E-state index in [1.165, 1.54) is 4.31 Å². The first-order chi connectivity index (χ1) is 7.26. The number of thiocarbonyl (C=S) groups is 1. The fraction of sp³-hybridized carbons (Fsp3) is 0.889. The monoisotopic (exact) mass is 265 g/mol. The van der Waals surface area contributed by atoms with Gasteiger partial charge in [0.1, 0.15) is 5.25 Å². The molecule has 0 aromatic rings. The van der Waals surface area contributed by atoms with Gasteiger partial charge in [-0.05, 0) is 20.9 Å². The van der Waals surface area contributed by atoms with Gasteiger partial charge in [-0.3, -0.25) is 0 Å². The van der Waals surface area contributed by atoms with E-state index in [9.17, 15) is 8.42 Å². The molecule has 0 bridgehead atoms. The molecule has 2 atom stereocenters. The zero-order valence-electron chi connectivity index (χ0n) is 9.88. The molecule has 1 heterocycles. The minimum absolute atomic E-state index is 0.0339. The van der Waals surface area contributed by atoms with E-state index in [2.05, 4.69) is 4.90 Å². The standard InChI is InChI=1S/C9H19N3O2S2/c1-7-6-12(5-4-11(7)3)16(13,14)8(2)9(10)15/h7-8H,4-6H2,1-3H3,(H2,10,15). The molecular formula is C9H19N3O2S2. The summed E-state index contributed by atoms with van der Waals surface area (Å²) in [5.41, 5.74) is 5.41. The van der Waals surface area contributed by atoms with Crippen molar-refractivity contribution in [2.75, 3.05) is 26.7 Å². The Kier molecular flexibility index (Phi) is 4.28. The van der Waals surface area contributed by atoms with Crippen molar-refractivity contribution >= 4 is 27.2 Å². The molecule has 0 aliphatic carbocycles. The third kappa shape index (κ3) is 2.71. The molecule has 2 N–H and O–H groups in total. The summed E-state index contributed by atoms with van der Waals surface area (Å²) in [7, 11) is -1.39. The summed E-state index contributed by atoms with van der Waals surface area (Å²) in [5, 5.41) is -0.780. The van der Waals surface area contributed by atoms with E-state index in [4.69, 9.17) is 18.0 Å². The van der Waals surface area contributed by atoms with Gasteiger partial charge in [-0.2, -0.15) is 4.31 Å². The van der Waals surface area contributed by atoms with Crippen LogP contribution in [-0.2, 0) is 10.0 Å². The average molecular weight is 265 g/mol. The lowest BCUT2D eigenvalue weighted by Gasteiger charge is -2.37. The van der Waals surface area contributed by atoms with E-state index in [1.54, 1.807) is 6.92 Å². The van der Waals surface area contributed by atoms with Crippen molar-refractivity contribution in [2.24, 2.45) is 5.73 Å². The van der Waals surface area contributed by atoms with Gasteiger partial charge in [0, 0.05) is 25.7 Å². The van der Waals surface area contributed by atoms with Crippen LogP contribution in [0.15, 0.2) is 0 Å². The van der Waals surface area contributed by atoms with E-state index in [0.717, 1.165) is 6.54 Å². The maximum absolute atomic E-state index is 12.1. The molecule has 16 heavy (non-hydrogen) atoms. The van der Waals surface area contributed by atoms with Gasteiger partial charge < -0.3 is 10.6 Å². The lowest BCUT2D eigenvalue weighted by molar-refractivity contribution is 0.159. The fourth-order valence-electron chi connectivity index (χ4n) is 1.62. The third-order valence-electron chi connectivity index (χ3n) is 3.13. The van der Waals surface area contributed by atoms with E-state index < -0.39 is 15.3 Å². The van der Waals surface area contributed by atoms with Crippen LogP contribution in [0.25, 0.3) is 0 Å². The molecule has 0 saturated carbocycles. The molecule has 1 fully saturated rings. The summed E-state index contributed by atoms with van der Waals surface area (Å²) in [6, 6.07) is 0.224. The molecule has 7 heteroatoms. The van der Waals surface area contributed by atoms with Gasteiger partial charge in [0.15, 0.2) is 0 Å². The van der Waals surface area contributed by atoms with Gasteiger partial charge in [0.25, 0.3) is 0 Å². The molecule has 94 valence electrons. The minimum Gasteiger partial charge on any atom is -0.392 e. The molecule has 1 aliphatic rings. The number of nitrogens with zero attached hydrogens (tertiary/aromatic N) is 2. The van der Waals surface area contributed by atoms with Crippen LogP contribution in [0.3, 0.4) is 0 Å². The van der Waals surface area contributed by atoms with Crippen molar-refractivity contribution in [3.63, 3.8) is 0 Å². The Bertz CT molecular complexity index is 369. The van der Waals surface area contributed by atoms with Crippen LogP contribution in [0.5, 0.6) is 0 Å². The van der Waals surface area contributed by atoms with Crippen molar-refractivity contribution in [1.29, 1.82) is 0 Å². The van der Waals surface area contributed by atoms with E-state index in [1.807, 2.05) is 14.0 Å². The van der Waals surface area contributed by atoms with Crippen molar-refractivity contribution < 1.29 is 8.42 Å². The topological polar surface area (TPSA) is 66.6 Å². The zero-order valence-corrected chi connectivity index (χ0v) is 11.5. The van der Waals surface area contributed by atoms with Gasteiger partial charge in [0.05, 0.1) is 4.99 Å². The van der Waals surface area contributed by atoms with Gasteiger partial charge in [0.2, 0.25) is 10.0 Å². The van der Waals surface area contributed by atoms with Crippen molar-refractivity contribution in [3.05, 3.63) is 0 Å². The molecule has 0 amide bonds. The number of likely N-dealkylation sites (N-methyl/N-ethyl adjacent to an activating group) is 1. The Hall–Kier alpha value is -0.240. The average Bonchev–Trinajstić information content (AvgIpc) is 2.20. The number of hydrogen-bond acceptors (Lipinski definition) is 4. The number of piperazine rings is 1. The van der Waals surface area contributed by atoms with Crippen LogP contribution >= 0.6 is 12.2 Å². The second kappa shape index (κ2) is 4.95. The largest absolute Gasteiger partial charge is 0.392 e. The second-order valence-electron chi connectivity index (χ2n) is 4.28. The zero-order chi connectivity index (χ0) is 12.5. The van der Waals surface area contributed by atoms with Crippen LogP contribution in [0, 0.1) is 0 Å². The minimum atomic E-state index is -3.38. The predicted molar refractivity (Wildman–Crippen MR) is 68.8 cm³/mol. The number of nitrogens with two attached hydrogens (primary N) is 1. The smallest absolute Gasteiger partial charge is 0.223 e. The summed E-state index contributed by atoms with van der Waals surface area (Å²) in [5.74, 6) is 0. The van der Waals surface area contributed by atoms with Crippen LogP contribution in [-0.4, -0.2) is 60.6 Å². The number of hydrogen-bond donors (Lipinski definition) is 1. The highest BCUT2D eigenvalue weighted by Gasteiger charge is 2.34. The Labute approximate surface area is 103 Å². The number of rotatable bonds is 3. The Morgan fingerprint density at radius 2 is 2.06 bits per heavy atom. The molecule has 1 saturated heterocycles. The molecular weight excluding hydrogens is 246 g/mol. The van der Waals surface area contributed by atoms with Crippen molar-refractivity contribution in [1.82, 2.24) is 9.21 Å². The van der Waals surface area contributed by atoms with Crippen molar-refractivity contribution in [3.8, 4) is 0 Å². The van der Waals surface area contributed by atoms with Gasteiger partial charge >= 0.3 is 0 Å². The SMILES string of the molecule is CC1CN(S(=O)(=O)C(C)C(N)=S)CCN1C. The number of sulfonamides is 1. The summed E-state index contributed by atoms with van der Waals surface area (Å²) >= 11 is 4.75. The molecule has 1 aliphatic heterocycles. The molecule has 0 spiro atoms. The van der Waals surface area contributed by atoms with Crippen LogP contribution in [0.1, 0.15) is 13.8 Å². The fourth-order valence-corrected chi connectivity index (χ4v) is 3.48. The predicted octanol–water partition coefficient (Wildman–Crippen LogP) is -0.373. The molecule has 1 rings (SSSR count). The Morgan fingerprint density at radius 1 is 1.50 bits per heavy atom. The van der Waals surface area contributed by atoms with Gasteiger partial charge in [-0.15, -0.1) is 0 Å². The Balaban J connectivity index is 2.82. The van der Waals surface area contributed by atoms with E-state index in [0.29, 0.717) is 13.1 Å². The first kappa shape index (κ1) is 13.8. The lowest BCUT2D eigenvalue weighted by Crippen LogP contribution is -2.54. The normalized spacial score (nSPS) is 26.6. The first-order valence-electron chi connectivity index (χ1n) is 5.25. The summed E-state index contributed by atoms with van der Waals surface area (Å²) in [6.45, 7) is 5.31. The highest BCUT2D eigenvalue weighted by Crippen LogP contribution is 2.15. The van der Waals surface area contributed by atoms with Crippen LogP contribution in [0.2, 0.25) is 0 Å². The lowest BCUT2D eigenvalue weighted by atomic mass is 10.2. The summed E-state index contributed by atoms with van der Waals surface area (Å²) < 4.78 is 25.7. The quantitative estimate of drug-likeness (QED) is 0.705. The van der Waals surface area contributed by atoms with E-state index in [-0.39, 0.29) is 11.0 Å². The molecule has 0 aromatic heterocycles. The van der Waals surface area contributed by atoms with Gasteiger partial charge in [-0.1, -0.05) is 12.2 Å². The molecule has 5 nitrogen and oxygen atoms in total. The van der Waals surface area contributed by atoms with Gasteiger partial charge in [-0.25, -0.2) is 8.42 Å². The Morgan fingerprint density at radius 3 is 2.50 bits per heavy atom. The molecule has 0 aromatic carbocycles. The summed E-state index contributed by atoms with van der Waals surface area (Å²) in [4.78, 5) is 2.17. The summed E-state index contributed by atoms with van der Waals surface area (Å²) in [6.07, 6.45) is 0. The highest BCUT2D eigenvalue weighted by atomic mass is 32.2. The molecule has 0 radical (unpaired) electrons. The van der Waals surface area contributed by atoms with Crippen LogP contribution in [0.4, 0.5) is 0 Å².